The first-order valence-electron chi connectivity index (χ1n) is 8.70. The van der Waals surface area contributed by atoms with Crippen LogP contribution < -0.4 is 16.6 Å². The molecule has 4 N–H and O–H groups in total. The molecule has 0 aliphatic heterocycles. The number of rotatable bonds is 5. The number of aromatic nitrogens is 5. The minimum atomic E-state index is 0.453. The van der Waals surface area contributed by atoms with Crippen molar-refractivity contribution >= 4 is 11.5 Å². The topological polar surface area (TPSA) is 98.6 Å². The zero-order valence-electron chi connectivity index (χ0n) is 15.5. The molecule has 0 aromatic carbocycles. The Balaban J connectivity index is 1.65. The molecule has 0 radical (unpaired) electrons. The fraction of sp³-hybridized carbons (Fsp3) is 0.389. The van der Waals surface area contributed by atoms with Crippen LogP contribution in [0.5, 0.6) is 0 Å². The third kappa shape index (κ3) is 2.72. The normalized spacial score (nSPS) is 18.8. The van der Waals surface area contributed by atoms with Crippen molar-refractivity contribution in [2.24, 2.45) is 19.9 Å². The largest absolute Gasteiger partial charge is 0.371 e. The average Bonchev–Trinajstić information content (AvgIpc) is 3.15. The van der Waals surface area contributed by atoms with Gasteiger partial charge in [0, 0.05) is 33.3 Å². The van der Waals surface area contributed by atoms with Crippen molar-refractivity contribution in [1.29, 1.82) is 0 Å². The SMILES string of the molecule is CNc1nc(-c2cc(C3CC3c3cnn(C)c3)nn2C)cc(C)c1NN. The van der Waals surface area contributed by atoms with Crippen molar-refractivity contribution < 1.29 is 0 Å². The summed E-state index contributed by atoms with van der Waals surface area (Å²) in [6.07, 6.45) is 5.17. The van der Waals surface area contributed by atoms with Crippen LogP contribution in [-0.2, 0) is 14.1 Å². The van der Waals surface area contributed by atoms with E-state index in [4.69, 9.17) is 15.9 Å². The highest BCUT2D eigenvalue weighted by atomic mass is 15.3. The Labute approximate surface area is 152 Å². The monoisotopic (exact) mass is 352 g/mol. The van der Waals surface area contributed by atoms with E-state index in [2.05, 4.69) is 28.1 Å². The third-order valence-corrected chi connectivity index (χ3v) is 5.08. The van der Waals surface area contributed by atoms with E-state index in [1.807, 2.05) is 49.7 Å². The molecule has 2 unspecified atom stereocenters. The van der Waals surface area contributed by atoms with Crippen molar-refractivity contribution in [3.63, 3.8) is 0 Å². The summed E-state index contributed by atoms with van der Waals surface area (Å²) in [6.45, 7) is 2.01. The van der Waals surface area contributed by atoms with Crippen LogP contribution in [0, 0.1) is 6.92 Å². The zero-order valence-corrected chi connectivity index (χ0v) is 15.5. The number of nitrogens with zero attached hydrogens (tertiary/aromatic N) is 5. The number of aryl methyl sites for hydroxylation is 3. The second kappa shape index (κ2) is 6.14. The zero-order chi connectivity index (χ0) is 18.4. The van der Waals surface area contributed by atoms with Gasteiger partial charge in [-0.05, 0) is 42.5 Å². The third-order valence-electron chi connectivity index (χ3n) is 5.08. The lowest BCUT2D eigenvalue weighted by Gasteiger charge is -2.13. The maximum atomic E-state index is 5.62. The van der Waals surface area contributed by atoms with Gasteiger partial charge in [-0.25, -0.2) is 4.98 Å². The Morgan fingerprint density at radius 3 is 2.69 bits per heavy atom. The van der Waals surface area contributed by atoms with Crippen molar-refractivity contribution in [2.45, 2.75) is 25.2 Å². The van der Waals surface area contributed by atoms with Crippen LogP contribution in [0.1, 0.15) is 35.1 Å². The Hall–Kier alpha value is -2.87. The van der Waals surface area contributed by atoms with Crippen LogP contribution in [0.3, 0.4) is 0 Å². The highest BCUT2D eigenvalue weighted by molar-refractivity contribution is 5.73. The number of hydrazine groups is 1. The molecule has 4 rings (SSSR count). The summed E-state index contributed by atoms with van der Waals surface area (Å²) in [5.41, 5.74) is 8.83. The van der Waals surface area contributed by atoms with E-state index in [-0.39, 0.29) is 0 Å². The van der Waals surface area contributed by atoms with Crippen LogP contribution in [0.25, 0.3) is 11.4 Å². The fourth-order valence-corrected chi connectivity index (χ4v) is 3.60. The van der Waals surface area contributed by atoms with E-state index in [0.717, 1.165) is 40.6 Å². The molecule has 0 spiro atoms. The summed E-state index contributed by atoms with van der Waals surface area (Å²) >= 11 is 0. The molecule has 1 aliphatic carbocycles. The molecule has 26 heavy (non-hydrogen) atoms. The first-order chi connectivity index (χ1) is 12.5. The summed E-state index contributed by atoms with van der Waals surface area (Å²) in [7, 11) is 5.75. The highest BCUT2D eigenvalue weighted by Gasteiger charge is 2.42. The second-order valence-electron chi connectivity index (χ2n) is 6.92. The number of pyridine rings is 1. The minimum absolute atomic E-state index is 0.453. The number of hydrogen-bond donors (Lipinski definition) is 3. The molecule has 136 valence electrons. The lowest BCUT2D eigenvalue weighted by Crippen LogP contribution is -2.12. The maximum absolute atomic E-state index is 5.62. The van der Waals surface area contributed by atoms with Gasteiger partial charge in [-0.1, -0.05) is 0 Å². The molecular formula is C18H24N8. The Morgan fingerprint density at radius 2 is 2.04 bits per heavy atom. The molecule has 1 saturated carbocycles. The van der Waals surface area contributed by atoms with Crippen LogP contribution >= 0.6 is 0 Å². The summed E-state index contributed by atoms with van der Waals surface area (Å²) < 4.78 is 3.76. The molecule has 1 aliphatic rings. The molecule has 8 heteroatoms. The van der Waals surface area contributed by atoms with E-state index < -0.39 is 0 Å². The molecule has 0 bridgehead atoms. The number of nitrogens with one attached hydrogen (secondary N) is 2. The molecule has 3 heterocycles. The minimum Gasteiger partial charge on any atom is -0.371 e. The van der Waals surface area contributed by atoms with Gasteiger partial charge in [0.2, 0.25) is 0 Å². The molecule has 3 aromatic heterocycles. The van der Waals surface area contributed by atoms with Gasteiger partial charge >= 0.3 is 0 Å². The van der Waals surface area contributed by atoms with E-state index in [0.29, 0.717) is 11.8 Å². The Bertz CT molecular complexity index is 954. The van der Waals surface area contributed by atoms with Gasteiger partial charge in [-0.3, -0.25) is 15.2 Å². The lowest BCUT2D eigenvalue weighted by molar-refractivity contribution is 0.745. The van der Waals surface area contributed by atoms with Gasteiger partial charge in [0.05, 0.1) is 29.0 Å². The van der Waals surface area contributed by atoms with Crippen molar-refractivity contribution in [2.75, 3.05) is 17.8 Å². The number of hydrogen-bond acceptors (Lipinski definition) is 6. The molecule has 8 nitrogen and oxygen atoms in total. The van der Waals surface area contributed by atoms with Crippen molar-refractivity contribution in [1.82, 2.24) is 24.5 Å². The van der Waals surface area contributed by atoms with E-state index in [1.54, 1.807) is 0 Å². The predicted octanol–water partition coefficient (Wildman–Crippen LogP) is 2.12. The maximum Gasteiger partial charge on any atom is 0.151 e. The molecular weight excluding hydrogens is 328 g/mol. The Morgan fingerprint density at radius 1 is 1.23 bits per heavy atom. The lowest BCUT2D eigenvalue weighted by atomic mass is 10.1. The van der Waals surface area contributed by atoms with Gasteiger partial charge in [0.1, 0.15) is 0 Å². The fourth-order valence-electron chi connectivity index (χ4n) is 3.60. The van der Waals surface area contributed by atoms with E-state index >= 15 is 0 Å². The van der Waals surface area contributed by atoms with Crippen LogP contribution in [-0.4, -0.2) is 31.6 Å². The molecule has 1 fully saturated rings. The van der Waals surface area contributed by atoms with Crippen molar-refractivity contribution in [3.05, 3.63) is 41.3 Å². The molecule has 0 saturated heterocycles. The van der Waals surface area contributed by atoms with Gasteiger partial charge in [0.15, 0.2) is 5.82 Å². The smallest absolute Gasteiger partial charge is 0.151 e. The van der Waals surface area contributed by atoms with Gasteiger partial charge in [-0.2, -0.15) is 10.2 Å². The number of anilines is 2. The molecule has 0 amide bonds. The van der Waals surface area contributed by atoms with Gasteiger partial charge in [0.25, 0.3) is 0 Å². The van der Waals surface area contributed by atoms with Gasteiger partial charge in [-0.15, -0.1) is 0 Å². The summed E-state index contributed by atoms with van der Waals surface area (Å²) in [5, 5.41) is 12.1. The quantitative estimate of drug-likeness (QED) is 0.481. The van der Waals surface area contributed by atoms with Crippen LogP contribution in [0.15, 0.2) is 24.5 Å². The Kier molecular flexibility index (Phi) is 3.91. The second-order valence-corrected chi connectivity index (χ2v) is 6.92. The summed E-state index contributed by atoms with van der Waals surface area (Å²) in [4.78, 5) is 4.70. The standard InChI is InChI=1S/C18H24N8/c1-10-5-15(22-18(20-2)17(10)23-19)16-7-14(24-26(16)4)13-6-12(13)11-8-21-25(3)9-11/h5,7-9,12-13,23H,6,19H2,1-4H3,(H,20,22). The predicted molar refractivity (Wildman–Crippen MR) is 102 cm³/mol. The highest BCUT2D eigenvalue weighted by Crippen LogP contribution is 2.54. The number of nitrogens with two attached hydrogens (primary N) is 1. The van der Waals surface area contributed by atoms with E-state index in [9.17, 15) is 0 Å². The molecule has 2 atom stereocenters. The van der Waals surface area contributed by atoms with E-state index in [1.165, 1.54) is 5.56 Å². The summed E-state index contributed by atoms with van der Waals surface area (Å²) in [6, 6.07) is 4.18. The number of nitrogen functional groups attached to an aromatic ring is 1. The average molecular weight is 352 g/mol. The first-order valence-corrected chi connectivity index (χ1v) is 8.70. The van der Waals surface area contributed by atoms with Crippen LogP contribution in [0.4, 0.5) is 11.5 Å². The summed E-state index contributed by atoms with van der Waals surface area (Å²) in [5.74, 6) is 7.31. The van der Waals surface area contributed by atoms with Gasteiger partial charge < -0.3 is 10.7 Å². The first kappa shape index (κ1) is 16.6. The van der Waals surface area contributed by atoms with Crippen molar-refractivity contribution in [3.8, 4) is 11.4 Å². The van der Waals surface area contributed by atoms with Crippen LogP contribution in [0.2, 0.25) is 0 Å². The molecule has 3 aromatic rings.